The SMILES string of the molecule is O=c1[nH]c2c(=O)oc3c(Br)cc(Br)cc3c2c2ncccc12. The number of aromatic amines is 1. The lowest BCUT2D eigenvalue weighted by Gasteiger charge is -2.07. The molecule has 0 saturated carbocycles. The summed E-state index contributed by atoms with van der Waals surface area (Å²) in [4.78, 5) is 31.2. The number of hydrogen-bond donors (Lipinski definition) is 1. The Balaban J connectivity index is 2.47. The predicted octanol–water partition coefficient (Wildman–Crippen LogP) is 3.71. The summed E-state index contributed by atoms with van der Waals surface area (Å²) in [7, 11) is 0. The third kappa shape index (κ3) is 1.85. The van der Waals surface area contributed by atoms with E-state index >= 15 is 0 Å². The van der Waals surface area contributed by atoms with E-state index in [1.807, 2.05) is 6.07 Å². The van der Waals surface area contributed by atoms with E-state index in [9.17, 15) is 9.59 Å². The molecule has 3 heterocycles. The van der Waals surface area contributed by atoms with Gasteiger partial charge in [-0.1, -0.05) is 15.9 Å². The summed E-state index contributed by atoms with van der Waals surface area (Å²) in [5.74, 6) is 0. The Hall–Kier alpha value is -1.99. The maximum absolute atomic E-state index is 12.2. The Morgan fingerprint density at radius 1 is 1.14 bits per heavy atom. The first-order valence-electron chi connectivity index (χ1n) is 6.29. The first-order chi connectivity index (χ1) is 10.6. The van der Waals surface area contributed by atoms with Crippen LogP contribution in [0.5, 0.6) is 0 Å². The van der Waals surface area contributed by atoms with E-state index < -0.39 is 5.63 Å². The molecule has 0 spiro atoms. The largest absolute Gasteiger partial charge is 0.420 e. The number of fused-ring (bicyclic) bond motifs is 5. The zero-order valence-corrected chi connectivity index (χ0v) is 14.0. The van der Waals surface area contributed by atoms with Crippen molar-refractivity contribution in [2.45, 2.75) is 0 Å². The average Bonchev–Trinajstić information content (AvgIpc) is 2.49. The van der Waals surface area contributed by atoms with Crippen molar-refractivity contribution >= 4 is 64.6 Å². The topological polar surface area (TPSA) is 76.0 Å². The number of hydrogen-bond acceptors (Lipinski definition) is 4. The minimum absolute atomic E-state index is 0.119. The number of H-pyrrole nitrogens is 1. The van der Waals surface area contributed by atoms with Gasteiger partial charge in [0.05, 0.1) is 15.4 Å². The first-order valence-corrected chi connectivity index (χ1v) is 7.87. The van der Waals surface area contributed by atoms with Crippen molar-refractivity contribution in [3.05, 3.63) is 60.2 Å². The fourth-order valence-corrected chi connectivity index (χ4v) is 3.86. The lowest BCUT2D eigenvalue weighted by atomic mass is 10.1. The van der Waals surface area contributed by atoms with Crippen molar-refractivity contribution in [2.24, 2.45) is 0 Å². The Labute approximate surface area is 139 Å². The van der Waals surface area contributed by atoms with Gasteiger partial charge in [-0.25, -0.2) is 4.79 Å². The summed E-state index contributed by atoms with van der Waals surface area (Å²) in [5.41, 5.74) is 0.0454. The van der Waals surface area contributed by atoms with Crippen molar-refractivity contribution in [2.75, 3.05) is 0 Å². The number of aromatic nitrogens is 2. The lowest BCUT2D eigenvalue weighted by molar-refractivity contribution is 0.566. The van der Waals surface area contributed by atoms with Crippen LogP contribution in [0.1, 0.15) is 0 Å². The molecule has 1 N–H and O–H groups in total. The molecule has 0 radical (unpaired) electrons. The second-order valence-corrected chi connectivity index (χ2v) is 6.53. The fraction of sp³-hybridized carbons (Fsp3) is 0. The van der Waals surface area contributed by atoms with Crippen molar-refractivity contribution in [3.8, 4) is 0 Å². The van der Waals surface area contributed by atoms with Crippen molar-refractivity contribution < 1.29 is 4.42 Å². The second kappa shape index (κ2) is 4.76. The normalized spacial score (nSPS) is 11.5. The summed E-state index contributed by atoms with van der Waals surface area (Å²) in [5, 5.41) is 1.69. The first kappa shape index (κ1) is 13.7. The molecule has 0 aliphatic carbocycles. The Bertz CT molecular complexity index is 1190. The molecule has 22 heavy (non-hydrogen) atoms. The average molecular weight is 422 g/mol. The molecule has 5 nitrogen and oxygen atoms in total. The number of pyridine rings is 2. The number of halogens is 2. The van der Waals surface area contributed by atoms with Gasteiger partial charge >= 0.3 is 5.63 Å². The monoisotopic (exact) mass is 420 g/mol. The number of nitrogens with one attached hydrogen (secondary N) is 1. The van der Waals surface area contributed by atoms with E-state index in [0.717, 1.165) is 4.47 Å². The van der Waals surface area contributed by atoms with E-state index in [2.05, 4.69) is 41.8 Å². The molecular formula is C15H6Br2N2O3. The van der Waals surface area contributed by atoms with Crippen molar-refractivity contribution in [3.63, 3.8) is 0 Å². The third-order valence-electron chi connectivity index (χ3n) is 3.45. The van der Waals surface area contributed by atoms with Gasteiger partial charge in [0.25, 0.3) is 5.56 Å². The molecule has 0 bridgehead atoms. The summed E-state index contributed by atoms with van der Waals surface area (Å²) in [6.07, 6.45) is 1.59. The second-order valence-electron chi connectivity index (χ2n) is 4.76. The Morgan fingerprint density at radius 2 is 1.95 bits per heavy atom. The molecule has 0 amide bonds. The third-order valence-corrected chi connectivity index (χ3v) is 4.50. The molecular weight excluding hydrogens is 416 g/mol. The Kier molecular flexibility index (Phi) is 2.95. The van der Waals surface area contributed by atoms with Crippen molar-refractivity contribution in [1.29, 1.82) is 0 Å². The smallest absolute Gasteiger partial charge is 0.361 e. The van der Waals surface area contributed by atoms with Crippen LogP contribution in [0.15, 0.2) is 53.4 Å². The van der Waals surface area contributed by atoms with Gasteiger partial charge in [-0.15, -0.1) is 0 Å². The van der Waals surface area contributed by atoms with E-state index in [4.69, 9.17) is 4.42 Å². The molecule has 0 aliphatic heterocycles. The number of benzene rings is 1. The molecule has 0 aliphatic rings. The number of nitrogens with zero attached hydrogens (tertiary/aromatic N) is 1. The maximum atomic E-state index is 12.2. The minimum Gasteiger partial charge on any atom is -0.420 e. The minimum atomic E-state index is -0.602. The molecule has 4 rings (SSSR count). The van der Waals surface area contributed by atoms with Crippen LogP contribution in [-0.4, -0.2) is 9.97 Å². The van der Waals surface area contributed by atoms with Gasteiger partial charge in [-0.05, 0) is 40.2 Å². The Morgan fingerprint density at radius 3 is 2.77 bits per heavy atom. The van der Waals surface area contributed by atoms with Crippen molar-refractivity contribution in [1.82, 2.24) is 9.97 Å². The van der Waals surface area contributed by atoms with Crippen LogP contribution in [-0.2, 0) is 0 Å². The zero-order chi connectivity index (χ0) is 15.4. The van der Waals surface area contributed by atoms with E-state index in [1.165, 1.54) is 0 Å². The molecule has 0 saturated heterocycles. The van der Waals surface area contributed by atoms with Crippen LogP contribution in [0, 0.1) is 0 Å². The molecule has 7 heteroatoms. The van der Waals surface area contributed by atoms with Crippen LogP contribution in [0.3, 0.4) is 0 Å². The summed E-state index contributed by atoms with van der Waals surface area (Å²) >= 11 is 6.82. The lowest BCUT2D eigenvalue weighted by Crippen LogP contribution is -2.13. The van der Waals surface area contributed by atoms with Crippen LogP contribution in [0.25, 0.3) is 32.8 Å². The molecule has 0 fully saturated rings. The quantitative estimate of drug-likeness (QED) is 0.347. The van der Waals surface area contributed by atoms with Gasteiger partial charge in [-0.2, -0.15) is 0 Å². The van der Waals surface area contributed by atoms with E-state index in [-0.39, 0.29) is 11.1 Å². The van der Waals surface area contributed by atoms with Gasteiger partial charge in [0.15, 0.2) is 5.58 Å². The maximum Gasteiger partial charge on any atom is 0.361 e. The van der Waals surface area contributed by atoms with Crippen LogP contribution < -0.4 is 11.2 Å². The fourth-order valence-electron chi connectivity index (χ4n) is 2.56. The number of rotatable bonds is 0. The highest BCUT2D eigenvalue weighted by Crippen LogP contribution is 2.33. The van der Waals surface area contributed by atoms with Crippen LogP contribution >= 0.6 is 31.9 Å². The van der Waals surface area contributed by atoms with E-state index in [0.29, 0.717) is 31.7 Å². The highest BCUT2D eigenvalue weighted by molar-refractivity contribution is 9.11. The van der Waals surface area contributed by atoms with E-state index in [1.54, 1.807) is 24.4 Å². The summed E-state index contributed by atoms with van der Waals surface area (Å²) in [6, 6.07) is 6.98. The molecule has 0 unspecified atom stereocenters. The molecule has 0 atom stereocenters. The zero-order valence-electron chi connectivity index (χ0n) is 10.8. The van der Waals surface area contributed by atoms with Gasteiger partial charge in [0.1, 0.15) is 5.52 Å². The van der Waals surface area contributed by atoms with Gasteiger partial charge < -0.3 is 9.40 Å². The summed E-state index contributed by atoms with van der Waals surface area (Å²) in [6.45, 7) is 0. The highest BCUT2D eigenvalue weighted by atomic mass is 79.9. The van der Waals surface area contributed by atoms with Gasteiger partial charge in [-0.3, -0.25) is 9.78 Å². The predicted molar refractivity (Wildman–Crippen MR) is 91.3 cm³/mol. The van der Waals surface area contributed by atoms with Crippen LogP contribution in [0.2, 0.25) is 0 Å². The van der Waals surface area contributed by atoms with Crippen LogP contribution in [0.4, 0.5) is 0 Å². The molecule has 108 valence electrons. The summed E-state index contributed by atoms with van der Waals surface area (Å²) < 4.78 is 6.80. The van der Waals surface area contributed by atoms with Gasteiger partial charge in [0, 0.05) is 21.4 Å². The molecule has 4 aromatic rings. The highest BCUT2D eigenvalue weighted by Gasteiger charge is 2.16. The molecule has 1 aromatic carbocycles. The van der Waals surface area contributed by atoms with Gasteiger partial charge in [0.2, 0.25) is 0 Å². The molecule has 3 aromatic heterocycles. The standard InChI is InChI=1S/C15H6Br2N2O3/c16-6-4-8-10-11-7(2-1-3-18-11)14(20)19-12(10)15(21)22-13(8)9(17)5-6/h1-5H,(H,19,20).